The Labute approximate surface area is 180 Å². The largest absolute Gasteiger partial charge is 0.471 e. The van der Waals surface area contributed by atoms with Gasteiger partial charge in [-0.1, -0.05) is 36.4 Å². The number of hydrogen-bond acceptors (Lipinski definition) is 5. The lowest BCUT2D eigenvalue weighted by molar-refractivity contribution is 0.401. The van der Waals surface area contributed by atoms with E-state index < -0.39 is 0 Å². The van der Waals surface area contributed by atoms with Crippen molar-refractivity contribution in [1.29, 1.82) is 5.26 Å². The monoisotopic (exact) mass is 407 g/mol. The van der Waals surface area contributed by atoms with Gasteiger partial charge in [0.05, 0.1) is 23.5 Å². The summed E-state index contributed by atoms with van der Waals surface area (Å²) in [5.41, 5.74) is 1.38. The fourth-order valence-corrected chi connectivity index (χ4v) is 2.53. The molecule has 0 atom stereocenters. The molecule has 31 heavy (non-hydrogen) atoms. The number of imidazole rings is 1. The molecule has 6 heteroatoms. The van der Waals surface area contributed by atoms with Gasteiger partial charge in [0.1, 0.15) is 12.3 Å². The molecule has 0 radical (unpaired) electrons. The molecular formula is C25H21N5O. The molecule has 0 N–H and O–H groups in total. The van der Waals surface area contributed by atoms with Crippen molar-refractivity contribution in [2.45, 2.75) is 6.42 Å². The quantitative estimate of drug-likeness (QED) is 0.670. The zero-order valence-corrected chi connectivity index (χ0v) is 16.8. The van der Waals surface area contributed by atoms with Crippen molar-refractivity contribution in [2.24, 2.45) is 9.98 Å². The average Bonchev–Trinajstić information content (AvgIpc) is 3.24. The molecule has 0 bridgehead atoms. The van der Waals surface area contributed by atoms with E-state index in [0.717, 1.165) is 16.3 Å². The molecular weight excluding hydrogens is 386 g/mol. The van der Waals surface area contributed by atoms with Crippen LogP contribution in [0.3, 0.4) is 0 Å². The second kappa shape index (κ2) is 12.1. The number of hydrogen-bond donors (Lipinski definition) is 0. The second-order valence-electron chi connectivity index (χ2n) is 6.22. The van der Waals surface area contributed by atoms with Crippen molar-refractivity contribution in [3.8, 4) is 6.07 Å². The van der Waals surface area contributed by atoms with Gasteiger partial charge >= 0.3 is 0 Å². The van der Waals surface area contributed by atoms with Gasteiger partial charge in [-0.3, -0.25) is 9.98 Å². The highest BCUT2D eigenvalue weighted by Crippen LogP contribution is 2.02. The minimum atomic E-state index is 0.395. The fraction of sp³-hybridized carbons (Fsp3) is 0.0400. The van der Waals surface area contributed by atoms with Crippen LogP contribution in [0.25, 0.3) is 12.4 Å². The van der Waals surface area contributed by atoms with E-state index in [2.05, 4.69) is 21.0 Å². The third kappa shape index (κ3) is 7.11. The van der Waals surface area contributed by atoms with E-state index in [4.69, 9.17) is 4.74 Å². The summed E-state index contributed by atoms with van der Waals surface area (Å²) in [4.78, 5) is 13.1. The van der Waals surface area contributed by atoms with E-state index in [1.807, 2.05) is 65.6 Å². The summed E-state index contributed by atoms with van der Waals surface area (Å²) in [5, 5.41) is 10.9. The molecule has 1 aliphatic rings. The third-order valence-corrected chi connectivity index (χ3v) is 4.05. The first-order chi connectivity index (χ1) is 15.4. The zero-order chi connectivity index (χ0) is 21.6. The van der Waals surface area contributed by atoms with Gasteiger partial charge in [0, 0.05) is 48.3 Å². The summed E-state index contributed by atoms with van der Waals surface area (Å²) in [6.45, 7) is 0. The van der Waals surface area contributed by atoms with Crippen LogP contribution in [0.5, 0.6) is 0 Å². The van der Waals surface area contributed by atoms with Crippen LogP contribution >= 0.6 is 0 Å². The number of aliphatic imine (C=N–C) groups is 1. The Kier molecular flexibility index (Phi) is 8.31. The maximum Gasteiger partial charge on any atom is 0.108 e. The predicted octanol–water partition coefficient (Wildman–Crippen LogP) is 3.60. The van der Waals surface area contributed by atoms with E-state index in [9.17, 15) is 5.26 Å². The van der Waals surface area contributed by atoms with Crippen LogP contribution in [-0.2, 0) is 11.2 Å². The lowest BCUT2D eigenvalue weighted by Crippen LogP contribution is -2.23. The van der Waals surface area contributed by atoms with Gasteiger partial charge in [-0.15, -0.1) is 0 Å². The number of allylic oxidation sites excluding steroid dienone is 8. The number of fused-ring (bicyclic) bond motifs is 2. The first kappa shape index (κ1) is 21.2. The molecule has 0 saturated carbocycles. The molecule has 152 valence electrons. The molecule has 2 heterocycles. The molecule has 1 aromatic carbocycles. The van der Waals surface area contributed by atoms with Crippen molar-refractivity contribution in [2.75, 3.05) is 0 Å². The fourth-order valence-electron chi connectivity index (χ4n) is 2.53. The van der Waals surface area contributed by atoms with Crippen molar-refractivity contribution in [1.82, 2.24) is 9.55 Å². The second-order valence-corrected chi connectivity index (χ2v) is 6.22. The van der Waals surface area contributed by atoms with Crippen LogP contribution in [0.4, 0.5) is 0 Å². The molecule has 3 rings (SSSR count). The van der Waals surface area contributed by atoms with Crippen molar-refractivity contribution in [3.63, 3.8) is 0 Å². The van der Waals surface area contributed by atoms with Crippen LogP contribution in [0.2, 0.25) is 0 Å². The molecule has 0 aliphatic carbocycles. The van der Waals surface area contributed by atoms with Gasteiger partial charge in [0.15, 0.2) is 0 Å². The maximum atomic E-state index is 9.19. The minimum absolute atomic E-state index is 0.395. The Morgan fingerprint density at radius 1 is 1.03 bits per heavy atom. The molecule has 0 fully saturated rings. The molecule has 1 aliphatic heterocycles. The highest BCUT2D eigenvalue weighted by atomic mass is 16.5. The first-order valence-electron chi connectivity index (χ1n) is 9.61. The Hall–Kier alpha value is -4.50. The molecule has 6 nitrogen and oxygen atoms in total. The predicted molar refractivity (Wildman–Crippen MR) is 123 cm³/mol. The van der Waals surface area contributed by atoms with Gasteiger partial charge in [0.2, 0.25) is 0 Å². The summed E-state index contributed by atoms with van der Waals surface area (Å²) >= 11 is 0. The summed E-state index contributed by atoms with van der Waals surface area (Å²) < 4.78 is 7.17. The number of aromatic nitrogens is 2. The van der Waals surface area contributed by atoms with Crippen LogP contribution in [0.15, 0.2) is 114 Å². The summed E-state index contributed by atoms with van der Waals surface area (Å²) in [6.07, 6.45) is 26.7. The zero-order valence-electron chi connectivity index (χ0n) is 16.8. The Bertz CT molecular complexity index is 1250. The lowest BCUT2D eigenvalue weighted by Gasteiger charge is -1.97. The smallest absolute Gasteiger partial charge is 0.108 e. The summed E-state index contributed by atoms with van der Waals surface area (Å²) in [6, 6.07) is 9.88. The maximum absolute atomic E-state index is 9.19. The van der Waals surface area contributed by atoms with E-state index in [-0.39, 0.29) is 0 Å². The Morgan fingerprint density at radius 2 is 1.94 bits per heavy atom. The number of benzene rings is 1. The van der Waals surface area contributed by atoms with E-state index in [1.54, 1.807) is 43.2 Å². The van der Waals surface area contributed by atoms with Gasteiger partial charge in [0.25, 0.3) is 0 Å². The van der Waals surface area contributed by atoms with E-state index in [1.165, 1.54) is 12.5 Å². The summed E-state index contributed by atoms with van der Waals surface area (Å²) in [5.74, 6) is 0. The summed E-state index contributed by atoms with van der Waals surface area (Å²) in [7, 11) is 0. The van der Waals surface area contributed by atoms with Crippen LogP contribution in [-0.4, -0.2) is 15.8 Å². The van der Waals surface area contributed by atoms with Crippen molar-refractivity contribution < 1.29 is 4.74 Å². The number of rotatable bonds is 0. The lowest BCUT2D eigenvalue weighted by atomic mass is 10.3. The minimum Gasteiger partial charge on any atom is -0.471 e. The molecule has 0 spiro atoms. The van der Waals surface area contributed by atoms with Crippen molar-refractivity contribution in [3.05, 3.63) is 120 Å². The van der Waals surface area contributed by atoms with Gasteiger partial charge in [-0.25, -0.2) is 4.98 Å². The van der Waals surface area contributed by atoms with E-state index in [0.29, 0.717) is 12.0 Å². The highest BCUT2D eigenvalue weighted by Gasteiger charge is 1.96. The van der Waals surface area contributed by atoms with Gasteiger partial charge in [-0.2, -0.15) is 5.26 Å². The van der Waals surface area contributed by atoms with Crippen LogP contribution < -0.4 is 10.6 Å². The topological polar surface area (TPSA) is 75.6 Å². The standard InChI is InChI=1S/C25H21N5O/c26-17-22-9-5-7-15-30-21-28-19-24(30)12-14-27-18-23-10-3-4-11-25(23)29-13-6-1-2-8-16-31-20-22/h1-11,13-16,18-21H,12H2/b2-1-,9-5-,13-6-,15-7+,16-8-,22-20+,23-18-,27-14?,29-25-. The number of nitrogens with zero attached hydrogens (tertiary/aromatic N) is 5. The number of nitriles is 1. The SMILES string of the molecule is N#CC1=C/O\C=C/C=C\C=C/N=c2/cccc/c2=C/N=CCc2cncn2/C=C/C=C\1. The normalized spacial score (nSPS) is 23.5. The molecule has 0 amide bonds. The van der Waals surface area contributed by atoms with Crippen LogP contribution in [0.1, 0.15) is 5.69 Å². The van der Waals surface area contributed by atoms with Crippen LogP contribution in [0, 0.1) is 11.3 Å². The Morgan fingerprint density at radius 3 is 2.87 bits per heavy atom. The van der Waals surface area contributed by atoms with Gasteiger partial charge < -0.3 is 9.30 Å². The van der Waals surface area contributed by atoms with Crippen molar-refractivity contribution >= 4 is 18.6 Å². The number of para-hydroxylation sites is 1. The molecule has 1 aromatic heterocycles. The Balaban J connectivity index is 1.91. The molecule has 0 unspecified atom stereocenters. The highest BCUT2D eigenvalue weighted by molar-refractivity contribution is 5.64. The molecule has 0 saturated heterocycles. The van der Waals surface area contributed by atoms with E-state index >= 15 is 0 Å². The number of ether oxygens (including phenoxy) is 1. The molecule has 2 aromatic rings. The van der Waals surface area contributed by atoms with Gasteiger partial charge in [-0.05, 0) is 30.4 Å². The third-order valence-electron chi connectivity index (χ3n) is 4.05. The first-order valence-corrected chi connectivity index (χ1v) is 9.61. The average molecular weight is 407 g/mol.